The standard InChI is InChI=1S/C24H25NO3/c1-18(2)17-28-22-15-13-21(14-16-22)25-23(26)24(27,19-9-5-3-6-10-19)20-11-7-4-8-12-20/h3-16,18,27H,17H2,1-2H3,(H,25,26). The molecule has 0 heterocycles. The van der Waals surface area contributed by atoms with Crippen LogP contribution in [-0.2, 0) is 10.4 Å². The molecule has 144 valence electrons. The molecule has 0 fully saturated rings. The summed E-state index contributed by atoms with van der Waals surface area (Å²) in [6, 6.07) is 25.0. The van der Waals surface area contributed by atoms with Crippen molar-refractivity contribution in [3.63, 3.8) is 0 Å². The van der Waals surface area contributed by atoms with Gasteiger partial charge in [0.15, 0.2) is 5.60 Å². The van der Waals surface area contributed by atoms with Gasteiger partial charge in [-0.1, -0.05) is 74.5 Å². The van der Waals surface area contributed by atoms with E-state index in [9.17, 15) is 9.90 Å². The summed E-state index contributed by atoms with van der Waals surface area (Å²) in [5.74, 6) is 0.667. The lowest BCUT2D eigenvalue weighted by Crippen LogP contribution is -2.41. The lowest BCUT2D eigenvalue weighted by atomic mass is 9.85. The van der Waals surface area contributed by atoms with Gasteiger partial charge in [-0.3, -0.25) is 4.79 Å². The highest BCUT2D eigenvalue weighted by Crippen LogP contribution is 2.31. The van der Waals surface area contributed by atoms with Crippen molar-refractivity contribution in [3.05, 3.63) is 96.1 Å². The number of carbonyl (C=O) groups is 1. The van der Waals surface area contributed by atoms with Crippen LogP contribution in [0.1, 0.15) is 25.0 Å². The Kier molecular flexibility index (Phi) is 6.12. The van der Waals surface area contributed by atoms with E-state index in [2.05, 4.69) is 19.2 Å². The third-order valence-corrected chi connectivity index (χ3v) is 4.41. The minimum Gasteiger partial charge on any atom is -0.493 e. The fraction of sp³-hybridized carbons (Fsp3) is 0.208. The largest absolute Gasteiger partial charge is 0.493 e. The Morgan fingerprint density at radius 2 is 1.39 bits per heavy atom. The number of hydrogen-bond donors (Lipinski definition) is 2. The third kappa shape index (κ3) is 4.41. The lowest BCUT2D eigenvalue weighted by molar-refractivity contribution is -0.131. The summed E-state index contributed by atoms with van der Waals surface area (Å²) in [4.78, 5) is 13.1. The van der Waals surface area contributed by atoms with E-state index in [1.807, 2.05) is 24.3 Å². The summed E-state index contributed by atoms with van der Waals surface area (Å²) in [6.45, 7) is 4.80. The zero-order chi connectivity index (χ0) is 20.0. The smallest absolute Gasteiger partial charge is 0.265 e. The van der Waals surface area contributed by atoms with Crippen molar-refractivity contribution in [1.29, 1.82) is 0 Å². The number of nitrogens with one attached hydrogen (secondary N) is 1. The molecule has 0 saturated carbocycles. The minimum atomic E-state index is -1.80. The first-order valence-corrected chi connectivity index (χ1v) is 9.38. The van der Waals surface area contributed by atoms with Crippen molar-refractivity contribution in [1.82, 2.24) is 0 Å². The SMILES string of the molecule is CC(C)COc1ccc(NC(=O)C(O)(c2ccccc2)c2ccccc2)cc1. The van der Waals surface area contributed by atoms with E-state index in [1.165, 1.54) is 0 Å². The van der Waals surface area contributed by atoms with Gasteiger partial charge in [0.1, 0.15) is 5.75 Å². The molecule has 28 heavy (non-hydrogen) atoms. The summed E-state index contributed by atoms with van der Waals surface area (Å²) < 4.78 is 5.67. The number of carbonyl (C=O) groups excluding carboxylic acids is 1. The van der Waals surface area contributed by atoms with Gasteiger partial charge in [-0.05, 0) is 41.3 Å². The highest BCUT2D eigenvalue weighted by atomic mass is 16.5. The van der Waals surface area contributed by atoms with Crippen molar-refractivity contribution in [3.8, 4) is 5.75 Å². The highest BCUT2D eigenvalue weighted by Gasteiger charge is 2.39. The van der Waals surface area contributed by atoms with Crippen LogP contribution in [0, 0.1) is 5.92 Å². The molecule has 0 aliphatic heterocycles. The van der Waals surface area contributed by atoms with Crippen molar-refractivity contribution in [2.24, 2.45) is 5.92 Å². The maximum absolute atomic E-state index is 13.1. The van der Waals surface area contributed by atoms with E-state index in [0.29, 0.717) is 29.3 Å². The number of aliphatic hydroxyl groups is 1. The van der Waals surface area contributed by atoms with Gasteiger partial charge >= 0.3 is 0 Å². The fourth-order valence-corrected chi connectivity index (χ4v) is 2.91. The first-order valence-electron chi connectivity index (χ1n) is 9.38. The molecule has 4 nitrogen and oxygen atoms in total. The molecule has 2 N–H and O–H groups in total. The predicted molar refractivity (Wildman–Crippen MR) is 111 cm³/mol. The van der Waals surface area contributed by atoms with Gasteiger partial charge in [-0.2, -0.15) is 0 Å². The van der Waals surface area contributed by atoms with Crippen LogP contribution in [0.3, 0.4) is 0 Å². The molecule has 0 spiro atoms. The number of benzene rings is 3. The second kappa shape index (κ2) is 8.72. The number of ether oxygens (including phenoxy) is 1. The Morgan fingerprint density at radius 3 is 1.86 bits per heavy atom. The van der Waals surface area contributed by atoms with Crippen LogP contribution in [0.5, 0.6) is 5.75 Å². The Morgan fingerprint density at radius 1 is 0.893 bits per heavy atom. The molecular formula is C24H25NO3. The van der Waals surface area contributed by atoms with E-state index in [1.54, 1.807) is 60.7 Å². The van der Waals surface area contributed by atoms with E-state index >= 15 is 0 Å². The first-order chi connectivity index (χ1) is 13.5. The van der Waals surface area contributed by atoms with E-state index in [0.717, 1.165) is 5.75 Å². The number of amides is 1. The maximum Gasteiger partial charge on any atom is 0.265 e. The molecule has 0 atom stereocenters. The van der Waals surface area contributed by atoms with Crippen molar-refractivity contribution < 1.29 is 14.6 Å². The molecule has 0 unspecified atom stereocenters. The van der Waals surface area contributed by atoms with Crippen LogP contribution in [0.15, 0.2) is 84.9 Å². The number of anilines is 1. The van der Waals surface area contributed by atoms with Crippen LogP contribution in [0.4, 0.5) is 5.69 Å². The molecule has 0 aromatic heterocycles. The average molecular weight is 375 g/mol. The Bertz CT molecular complexity index is 851. The molecule has 3 aromatic carbocycles. The summed E-state index contributed by atoms with van der Waals surface area (Å²) >= 11 is 0. The van der Waals surface area contributed by atoms with Gasteiger partial charge in [0, 0.05) is 5.69 Å². The maximum atomic E-state index is 13.1. The fourth-order valence-electron chi connectivity index (χ4n) is 2.91. The Hall–Kier alpha value is -3.11. The second-order valence-corrected chi connectivity index (χ2v) is 7.13. The topological polar surface area (TPSA) is 58.6 Å². The molecule has 3 aromatic rings. The molecule has 0 aliphatic carbocycles. The average Bonchev–Trinajstić information content (AvgIpc) is 2.73. The van der Waals surface area contributed by atoms with Gasteiger partial charge in [0.25, 0.3) is 5.91 Å². The van der Waals surface area contributed by atoms with Crippen molar-refractivity contribution in [2.75, 3.05) is 11.9 Å². The quantitative estimate of drug-likeness (QED) is 0.635. The highest BCUT2D eigenvalue weighted by molar-refractivity contribution is 6.00. The number of rotatable bonds is 7. The predicted octanol–water partition coefficient (Wildman–Crippen LogP) is 4.60. The molecule has 0 radical (unpaired) electrons. The normalized spacial score (nSPS) is 11.3. The number of hydrogen-bond acceptors (Lipinski definition) is 3. The molecule has 0 saturated heterocycles. The van der Waals surface area contributed by atoms with Crippen LogP contribution in [0.2, 0.25) is 0 Å². The zero-order valence-electron chi connectivity index (χ0n) is 16.1. The Labute approximate surface area is 165 Å². The van der Waals surface area contributed by atoms with Gasteiger partial charge < -0.3 is 15.2 Å². The van der Waals surface area contributed by atoms with Crippen LogP contribution in [-0.4, -0.2) is 17.6 Å². The van der Waals surface area contributed by atoms with Crippen LogP contribution < -0.4 is 10.1 Å². The summed E-state index contributed by atoms with van der Waals surface area (Å²) in [6.07, 6.45) is 0. The summed E-state index contributed by atoms with van der Waals surface area (Å²) in [5.41, 5.74) is -0.187. The van der Waals surface area contributed by atoms with E-state index in [4.69, 9.17) is 4.74 Å². The Balaban J connectivity index is 1.85. The lowest BCUT2D eigenvalue weighted by Gasteiger charge is -2.28. The van der Waals surface area contributed by atoms with Gasteiger partial charge in [-0.15, -0.1) is 0 Å². The van der Waals surface area contributed by atoms with Gasteiger partial charge in [0.2, 0.25) is 0 Å². The summed E-state index contributed by atoms with van der Waals surface area (Å²) in [5, 5.41) is 14.3. The van der Waals surface area contributed by atoms with Crippen LogP contribution in [0.25, 0.3) is 0 Å². The van der Waals surface area contributed by atoms with E-state index in [-0.39, 0.29) is 0 Å². The minimum absolute atomic E-state index is 0.436. The van der Waals surface area contributed by atoms with Crippen molar-refractivity contribution in [2.45, 2.75) is 19.4 Å². The molecule has 0 bridgehead atoms. The molecule has 3 rings (SSSR count). The van der Waals surface area contributed by atoms with Crippen LogP contribution >= 0.6 is 0 Å². The van der Waals surface area contributed by atoms with Gasteiger partial charge in [0.05, 0.1) is 6.61 Å². The van der Waals surface area contributed by atoms with E-state index < -0.39 is 11.5 Å². The summed E-state index contributed by atoms with van der Waals surface area (Å²) in [7, 11) is 0. The monoisotopic (exact) mass is 375 g/mol. The zero-order valence-corrected chi connectivity index (χ0v) is 16.1. The molecule has 4 heteroatoms. The van der Waals surface area contributed by atoms with Crippen molar-refractivity contribution >= 4 is 11.6 Å². The molecule has 0 aliphatic rings. The third-order valence-electron chi connectivity index (χ3n) is 4.41. The molecular weight excluding hydrogens is 350 g/mol. The first kappa shape index (κ1) is 19.6. The second-order valence-electron chi connectivity index (χ2n) is 7.13. The van der Waals surface area contributed by atoms with Gasteiger partial charge in [-0.25, -0.2) is 0 Å². The molecule has 1 amide bonds.